The highest BCUT2D eigenvalue weighted by Crippen LogP contribution is 2.42. The van der Waals surface area contributed by atoms with Crippen molar-refractivity contribution in [2.45, 2.75) is 58.4 Å². The predicted molar refractivity (Wildman–Crippen MR) is 104 cm³/mol. The number of carbonyl (C=O) groups excluding carboxylic acids is 2. The molecule has 2 amide bonds. The molecule has 1 aromatic rings. The van der Waals surface area contributed by atoms with Gasteiger partial charge in [0.15, 0.2) is 6.61 Å². The van der Waals surface area contributed by atoms with Crippen molar-refractivity contribution in [2.75, 3.05) is 26.2 Å². The first-order chi connectivity index (χ1) is 13.0. The van der Waals surface area contributed by atoms with E-state index in [9.17, 15) is 9.59 Å². The quantitative estimate of drug-likeness (QED) is 0.818. The van der Waals surface area contributed by atoms with Crippen LogP contribution in [0.3, 0.4) is 0 Å². The van der Waals surface area contributed by atoms with E-state index in [1.54, 1.807) is 0 Å². The van der Waals surface area contributed by atoms with Crippen LogP contribution in [-0.4, -0.2) is 53.9 Å². The second kappa shape index (κ2) is 7.17. The molecule has 2 heterocycles. The van der Waals surface area contributed by atoms with Crippen molar-refractivity contribution in [3.8, 4) is 5.75 Å². The zero-order chi connectivity index (χ0) is 19.0. The van der Waals surface area contributed by atoms with E-state index < -0.39 is 0 Å². The summed E-state index contributed by atoms with van der Waals surface area (Å²) >= 11 is 0. The van der Waals surface area contributed by atoms with E-state index in [0.717, 1.165) is 63.1 Å². The summed E-state index contributed by atoms with van der Waals surface area (Å²) in [5, 5.41) is 0. The summed E-state index contributed by atoms with van der Waals surface area (Å²) in [5.41, 5.74) is 2.35. The van der Waals surface area contributed by atoms with Gasteiger partial charge in [0.05, 0.1) is 0 Å². The number of likely N-dealkylation sites (tertiary alicyclic amines) is 2. The van der Waals surface area contributed by atoms with Crippen LogP contribution in [0, 0.1) is 19.3 Å². The van der Waals surface area contributed by atoms with Crippen LogP contribution in [0.4, 0.5) is 0 Å². The second-order valence-electron chi connectivity index (χ2n) is 8.66. The normalized spacial score (nSPS) is 25.8. The Morgan fingerprint density at radius 3 is 2.81 bits per heavy atom. The molecule has 2 saturated heterocycles. The monoisotopic (exact) mass is 370 g/mol. The van der Waals surface area contributed by atoms with E-state index in [2.05, 4.69) is 4.90 Å². The van der Waals surface area contributed by atoms with Gasteiger partial charge in [0, 0.05) is 37.5 Å². The van der Waals surface area contributed by atoms with Gasteiger partial charge in [-0.05, 0) is 63.1 Å². The molecule has 0 unspecified atom stereocenters. The molecule has 0 aromatic heterocycles. The summed E-state index contributed by atoms with van der Waals surface area (Å²) in [6.07, 6.45) is 5.98. The second-order valence-corrected chi connectivity index (χ2v) is 8.66. The maximum Gasteiger partial charge on any atom is 0.260 e. The van der Waals surface area contributed by atoms with Crippen LogP contribution in [0.1, 0.15) is 49.7 Å². The highest BCUT2D eigenvalue weighted by molar-refractivity contribution is 5.79. The van der Waals surface area contributed by atoms with Crippen LogP contribution in [0.25, 0.3) is 0 Å². The van der Waals surface area contributed by atoms with Gasteiger partial charge in [0.2, 0.25) is 5.91 Å². The predicted octanol–water partition coefficient (Wildman–Crippen LogP) is 3.08. The molecular weight excluding hydrogens is 340 g/mol. The number of nitrogens with zero attached hydrogens (tertiary/aromatic N) is 2. The van der Waals surface area contributed by atoms with Gasteiger partial charge in [-0.1, -0.05) is 12.1 Å². The molecule has 1 aliphatic carbocycles. The summed E-state index contributed by atoms with van der Waals surface area (Å²) < 4.78 is 5.84. The van der Waals surface area contributed by atoms with E-state index in [0.29, 0.717) is 18.4 Å². The lowest BCUT2D eigenvalue weighted by Crippen LogP contribution is -2.56. The summed E-state index contributed by atoms with van der Waals surface area (Å²) in [6, 6.07) is 6.40. The van der Waals surface area contributed by atoms with E-state index in [4.69, 9.17) is 4.74 Å². The number of ether oxygens (including phenoxy) is 1. The summed E-state index contributed by atoms with van der Waals surface area (Å²) in [6.45, 7) is 6.56. The van der Waals surface area contributed by atoms with E-state index in [1.165, 1.54) is 5.56 Å². The Balaban J connectivity index is 1.38. The first kappa shape index (κ1) is 18.3. The van der Waals surface area contributed by atoms with Crippen molar-refractivity contribution >= 4 is 11.8 Å². The fraction of sp³-hybridized carbons (Fsp3) is 0.636. The first-order valence-electron chi connectivity index (χ1n) is 10.2. The van der Waals surface area contributed by atoms with Crippen LogP contribution >= 0.6 is 0 Å². The Bertz CT molecular complexity index is 743. The van der Waals surface area contributed by atoms with Crippen LogP contribution in [-0.2, 0) is 9.59 Å². The number of rotatable bonds is 4. The van der Waals surface area contributed by atoms with Crippen molar-refractivity contribution in [1.82, 2.24) is 9.80 Å². The highest BCUT2D eigenvalue weighted by Gasteiger charge is 2.46. The summed E-state index contributed by atoms with van der Waals surface area (Å²) in [5.74, 6) is 1.16. The highest BCUT2D eigenvalue weighted by atomic mass is 16.5. The number of aryl methyl sites for hydroxylation is 1. The Morgan fingerprint density at radius 2 is 2.04 bits per heavy atom. The van der Waals surface area contributed by atoms with Crippen LogP contribution in [0.5, 0.6) is 5.75 Å². The largest absolute Gasteiger partial charge is 0.483 e. The van der Waals surface area contributed by atoms with Gasteiger partial charge in [0.25, 0.3) is 5.91 Å². The van der Waals surface area contributed by atoms with Gasteiger partial charge in [-0.15, -0.1) is 0 Å². The molecule has 0 N–H and O–H groups in total. The molecule has 1 aromatic carbocycles. The van der Waals surface area contributed by atoms with Crippen molar-refractivity contribution in [3.63, 3.8) is 0 Å². The van der Waals surface area contributed by atoms with Gasteiger partial charge in [-0.2, -0.15) is 0 Å². The third kappa shape index (κ3) is 3.83. The SMILES string of the molecule is Cc1cccc(OCC(=O)N2CCC[C@@]3(CCC(=O)N(C4CC4)C3)C2)c1C. The molecule has 5 nitrogen and oxygen atoms in total. The Labute approximate surface area is 161 Å². The first-order valence-corrected chi connectivity index (χ1v) is 10.2. The molecule has 0 radical (unpaired) electrons. The molecule has 1 saturated carbocycles. The smallest absolute Gasteiger partial charge is 0.260 e. The minimum atomic E-state index is 0.0600. The molecular formula is C22H30N2O3. The zero-order valence-corrected chi connectivity index (χ0v) is 16.5. The minimum Gasteiger partial charge on any atom is -0.483 e. The van der Waals surface area contributed by atoms with Crippen LogP contribution < -0.4 is 4.74 Å². The molecule has 146 valence electrons. The van der Waals surface area contributed by atoms with Crippen LogP contribution in [0.2, 0.25) is 0 Å². The fourth-order valence-electron chi connectivity index (χ4n) is 4.63. The molecule has 4 rings (SSSR count). The van der Waals surface area contributed by atoms with Gasteiger partial charge in [-0.3, -0.25) is 9.59 Å². The molecule has 2 aliphatic heterocycles. The number of carbonyl (C=O) groups is 2. The third-order valence-electron chi connectivity index (χ3n) is 6.60. The Kier molecular flexibility index (Phi) is 4.87. The number of hydrogen-bond donors (Lipinski definition) is 0. The van der Waals surface area contributed by atoms with E-state index >= 15 is 0 Å². The van der Waals surface area contributed by atoms with Gasteiger partial charge in [0.1, 0.15) is 5.75 Å². The third-order valence-corrected chi connectivity index (χ3v) is 6.60. The lowest BCUT2D eigenvalue weighted by molar-refractivity contribution is -0.144. The average Bonchev–Trinajstić information content (AvgIpc) is 3.50. The van der Waals surface area contributed by atoms with Gasteiger partial charge in [-0.25, -0.2) is 0 Å². The van der Waals surface area contributed by atoms with Crippen molar-refractivity contribution in [1.29, 1.82) is 0 Å². The zero-order valence-electron chi connectivity index (χ0n) is 16.5. The van der Waals surface area contributed by atoms with Crippen molar-refractivity contribution in [2.24, 2.45) is 5.41 Å². The Hall–Kier alpha value is -2.04. The molecule has 0 bridgehead atoms. The standard InChI is InChI=1S/C22H30N2O3/c1-16-5-3-6-19(17(16)2)27-13-21(26)23-12-4-10-22(14-23)11-9-20(25)24(15-22)18-7-8-18/h3,5-6,18H,4,7-15H2,1-2H3/t22-/m1/s1. The number of hydrogen-bond acceptors (Lipinski definition) is 3. The van der Waals surface area contributed by atoms with Crippen molar-refractivity contribution < 1.29 is 14.3 Å². The van der Waals surface area contributed by atoms with Crippen LogP contribution in [0.15, 0.2) is 18.2 Å². The summed E-state index contributed by atoms with van der Waals surface area (Å²) in [7, 11) is 0. The molecule has 3 aliphatic rings. The summed E-state index contributed by atoms with van der Waals surface area (Å²) in [4.78, 5) is 29.1. The minimum absolute atomic E-state index is 0.0600. The number of piperidine rings is 2. The lowest BCUT2D eigenvalue weighted by atomic mass is 9.73. The van der Waals surface area contributed by atoms with Gasteiger partial charge >= 0.3 is 0 Å². The van der Waals surface area contributed by atoms with E-state index in [1.807, 2.05) is 36.9 Å². The number of amides is 2. The molecule has 1 spiro atoms. The molecule has 1 atom stereocenters. The average molecular weight is 370 g/mol. The van der Waals surface area contributed by atoms with Gasteiger partial charge < -0.3 is 14.5 Å². The molecule has 5 heteroatoms. The van der Waals surface area contributed by atoms with Crippen molar-refractivity contribution in [3.05, 3.63) is 29.3 Å². The maximum absolute atomic E-state index is 12.8. The lowest BCUT2D eigenvalue weighted by Gasteiger charge is -2.48. The topological polar surface area (TPSA) is 49.9 Å². The Morgan fingerprint density at radius 1 is 1.22 bits per heavy atom. The maximum atomic E-state index is 12.8. The number of benzene rings is 1. The molecule has 27 heavy (non-hydrogen) atoms. The fourth-order valence-corrected chi connectivity index (χ4v) is 4.63. The molecule has 3 fully saturated rings. The van der Waals surface area contributed by atoms with E-state index in [-0.39, 0.29) is 17.9 Å².